The molecule has 0 saturated carbocycles. The van der Waals surface area contributed by atoms with E-state index in [-0.39, 0.29) is 0 Å². The van der Waals surface area contributed by atoms with Crippen molar-refractivity contribution >= 4 is 0 Å². The molecule has 0 spiro atoms. The van der Waals surface area contributed by atoms with Gasteiger partial charge in [0.15, 0.2) is 0 Å². The zero-order chi connectivity index (χ0) is 12.5. The van der Waals surface area contributed by atoms with E-state index in [1.165, 1.54) is 0 Å². The van der Waals surface area contributed by atoms with Crippen LogP contribution >= 0.6 is 0 Å². The van der Waals surface area contributed by atoms with Crippen molar-refractivity contribution in [1.82, 2.24) is 0 Å². The van der Waals surface area contributed by atoms with Gasteiger partial charge in [-0.15, -0.1) is 0 Å². The normalized spacial score (nSPS) is 17.2. The molecule has 5 heteroatoms. The van der Waals surface area contributed by atoms with Crippen molar-refractivity contribution in [1.29, 1.82) is 0 Å². The number of para-hydroxylation sites is 1. The molecule has 1 heterocycles. The zero-order valence-corrected chi connectivity index (χ0v) is 9.26. The van der Waals surface area contributed by atoms with Crippen LogP contribution in [0.1, 0.15) is 30.0 Å². The standard InChI is InChI=1S/C12H14F3NO/c13-12(14,15)7-10(16)9-5-1-3-8-4-2-6-17-11(8)9/h1,3,5,10H,2,4,6-7,16H2. The second-order valence-electron chi connectivity index (χ2n) is 4.21. The van der Waals surface area contributed by atoms with Crippen LogP contribution in [0.25, 0.3) is 0 Å². The summed E-state index contributed by atoms with van der Waals surface area (Å²) in [6, 6.07) is 4.17. The van der Waals surface area contributed by atoms with Crippen LogP contribution in [-0.2, 0) is 6.42 Å². The van der Waals surface area contributed by atoms with Crippen molar-refractivity contribution in [2.24, 2.45) is 5.73 Å². The molecule has 1 aliphatic rings. The van der Waals surface area contributed by atoms with Gasteiger partial charge in [-0.25, -0.2) is 0 Å². The lowest BCUT2D eigenvalue weighted by atomic mass is 9.97. The van der Waals surface area contributed by atoms with E-state index in [4.69, 9.17) is 10.5 Å². The molecule has 0 fully saturated rings. The van der Waals surface area contributed by atoms with Gasteiger partial charge < -0.3 is 10.5 Å². The predicted molar refractivity (Wildman–Crippen MR) is 57.9 cm³/mol. The van der Waals surface area contributed by atoms with Gasteiger partial charge in [0.25, 0.3) is 0 Å². The summed E-state index contributed by atoms with van der Waals surface area (Å²) in [5.74, 6) is 0.551. The van der Waals surface area contributed by atoms with E-state index in [2.05, 4.69) is 0 Å². The Labute approximate surface area is 97.6 Å². The van der Waals surface area contributed by atoms with Crippen LogP contribution in [0, 0.1) is 0 Å². The lowest BCUT2D eigenvalue weighted by Gasteiger charge is -2.23. The summed E-state index contributed by atoms with van der Waals surface area (Å²) in [4.78, 5) is 0. The van der Waals surface area contributed by atoms with E-state index in [9.17, 15) is 13.2 Å². The number of hydrogen-bond acceptors (Lipinski definition) is 2. The Balaban J connectivity index is 2.26. The highest BCUT2D eigenvalue weighted by Gasteiger charge is 2.32. The van der Waals surface area contributed by atoms with Gasteiger partial charge in [0.05, 0.1) is 13.0 Å². The molecule has 0 radical (unpaired) electrons. The molecule has 1 unspecified atom stereocenters. The Morgan fingerprint density at radius 2 is 2.12 bits per heavy atom. The molecule has 17 heavy (non-hydrogen) atoms. The van der Waals surface area contributed by atoms with Crippen molar-refractivity contribution in [2.75, 3.05) is 6.61 Å². The third-order valence-electron chi connectivity index (χ3n) is 2.81. The van der Waals surface area contributed by atoms with Crippen molar-refractivity contribution in [3.05, 3.63) is 29.3 Å². The Morgan fingerprint density at radius 3 is 2.82 bits per heavy atom. The molecule has 0 bridgehead atoms. The van der Waals surface area contributed by atoms with Crippen LogP contribution in [0.4, 0.5) is 13.2 Å². The maximum Gasteiger partial charge on any atom is 0.390 e. The minimum atomic E-state index is -4.25. The molecule has 1 aliphatic heterocycles. The summed E-state index contributed by atoms with van der Waals surface area (Å²) in [5.41, 5.74) is 7.01. The monoisotopic (exact) mass is 245 g/mol. The molecule has 2 N–H and O–H groups in total. The Hall–Kier alpha value is -1.23. The number of alkyl halides is 3. The van der Waals surface area contributed by atoms with E-state index >= 15 is 0 Å². The number of halogens is 3. The van der Waals surface area contributed by atoms with Gasteiger partial charge in [0, 0.05) is 11.6 Å². The van der Waals surface area contributed by atoms with Crippen molar-refractivity contribution in [3.63, 3.8) is 0 Å². The number of nitrogens with two attached hydrogens (primary N) is 1. The Kier molecular flexibility index (Phi) is 3.28. The van der Waals surface area contributed by atoms with Gasteiger partial charge >= 0.3 is 6.18 Å². The van der Waals surface area contributed by atoms with E-state index in [0.29, 0.717) is 17.9 Å². The molecule has 2 nitrogen and oxygen atoms in total. The molecule has 1 aromatic carbocycles. The third-order valence-corrected chi connectivity index (χ3v) is 2.81. The summed E-state index contributed by atoms with van der Waals surface area (Å²) < 4.78 is 42.4. The number of aryl methyl sites for hydroxylation is 1. The molecular formula is C12H14F3NO. The van der Waals surface area contributed by atoms with Crippen LogP contribution in [-0.4, -0.2) is 12.8 Å². The smallest absolute Gasteiger partial charge is 0.390 e. The quantitative estimate of drug-likeness (QED) is 0.869. The largest absolute Gasteiger partial charge is 0.493 e. The first kappa shape index (κ1) is 12.2. The molecule has 1 atom stereocenters. The molecule has 1 aromatic rings. The summed E-state index contributed by atoms with van der Waals surface area (Å²) in [6.07, 6.45) is -3.55. The third kappa shape index (κ3) is 2.91. The second-order valence-corrected chi connectivity index (χ2v) is 4.21. The molecule has 0 saturated heterocycles. The average molecular weight is 245 g/mol. The van der Waals surface area contributed by atoms with Gasteiger partial charge in [0.2, 0.25) is 0 Å². The van der Waals surface area contributed by atoms with Gasteiger partial charge in [-0.3, -0.25) is 0 Å². The highest BCUT2D eigenvalue weighted by Crippen LogP contribution is 2.36. The molecule has 94 valence electrons. The van der Waals surface area contributed by atoms with Gasteiger partial charge in [-0.05, 0) is 18.4 Å². The van der Waals surface area contributed by atoms with E-state index in [0.717, 1.165) is 18.4 Å². The number of hydrogen-bond donors (Lipinski definition) is 1. The fourth-order valence-electron chi connectivity index (χ4n) is 2.07. The zero-order valence-electron chi connectivity index (χ0n) is 9.26. The van der Waals surface area contributed by atoms with Crippen molar-refractivity contribution < 1.29 is 17.9 Å². The van der Waals surface area contributed by atoms with Crippen LogP contribution in [0.3, 0.4) is 0 Å². The second kappa shape index (κ2) is 4.56. The molecule has 0 amide bonds. The van der Waals surface area contributed by atoms with Crippen molar-refractivity contribution in [3.8, 4) is 5.75 Å². The SMILES string of the molecule is NC(CC(F)(F)F)c1cccc2c1OCCC2. The molecular weight excluding hydrogens is 231 g/mol. The lowest BCUT2D eigenvalue weighted by Crippen LogP contribution is -2.22. The molecule has 0 aromatic heterocycles. The Morgan fingerprint density at radius 1 is 1.35 bits per heavy atom. The first-order valence-corrected chi connectivity index (χ1v) is 5.54. The van der Waals surface area contributed by atoms with E-state index in [1.807, 2.05) is 6.07 Å². The lowest BCUT2D eigenvalue weighted by molar-refractivity contribution is -0.138. The topological polar surface area (TPSA) is 35.2 Å². The van der Waals surface area contributed by atoms with Crippen molar-refractivity contribution in [2.45, 2.75) is 31.5 Å². The number of ether oxygens (including phenoxy) is 1. The van der Waals surface area contributed by atoms with E-state index in [1.54, 1.807) is 12.1 Å². The average Bonchev–Trinajstić information content (AvgIpc) is 2.26. The molecule has 2 rings (SSSR count). The van der Waals surface area contributed by atoms with Crippen LogP contribution < -0.4 is 10.5 Å². The van der Waals surface area contributed by atoms with Gasteiger partial charge in [-0.2, -0.15) is 13.2 Å². The minimum absolute atomic E-state index is 0.458. The number of rotatable bonds is 2. The van der Waals surface area contributed by atoms with Gasteiger partial charge in [0.1, 0.15) is 5.75 Å². The van der Waals surface area contributed by atoms with Crippen LogP contribution in [0.15, 0.2) is 18.2 Å². The van der Waals surface area contributed by atoms with Gasteiger partial charge in [-0.1, -0.05) is 18.2 Å². The first-order chi connectivity index (χ1) is 7.97. The summed E-state index contributed by atoms with van der Waals surface area (Å²) >= 11 is 0. The fourth-order valence-corrected chi connectivity index (χ4v) is 2.07. The highest BCUT2D eigenvalue weighted by atomic mass is 19.4. The molecule has 0 aliphatic carbocycles. The predicted octanol–water partition coefficient (Wildman–Crippen LogP) is 2.96. The Bertz CT molecular complexity index is 403. The fraction of sp³-hybridized carbons (Fsp3) is 0.500. The maximum absolute atomic E-state index is 12.3. The van der Waals surface area contributed by atoms with Crippen LogP contribution in [0.5, 0.6) is 5.75 Å². The summed E-state index contributed by atoms with van der Waals surface area (Å²) in [7, 11) is 0. The minimum Gasteiger partial charge on any atom is -0.493 e. The van der Waals surface area contributed by atoms with Crippen LogP contribution in [0.2, 0.25) is 0 Å². The summed E-state index contributed by atoms with van der Waals surface area (Å²) in [6.45, 7) is 0.544. The highest BCUT2D eigenvalue weighted by molar-refractivity contribution is 5.44. The summed E-state index contributed by atoms with van der Waals surface area (Å²) in [5, 5.41) is 0. The number of benzene rings is 1. The first-order valence-electron chi connectivity index (χ1n) is 5.54. The maximum atomic E-state index is 12.3. The van der Waals surface area contributed by atoms with E-state index < -0.39 is 18.6 Å². The number of fused-ring (bicyclic) bond motifs is 1.